The van der Waals surface area contributed by atoms with Crippen LogP contribution in [0, 0.1) is 12.3 Å². The molecule has 5 heteroatoms. The van der Waals surface area contributed by atoms with Crippen molar-refractivity contribution in [1.29, 1.82) is 0 Å². The van der Waals surface area contributed by atoms with Crippen molar-refractivity contribution in [1.82, 2.24) is 9.55 Å². The molecule has 19 heavy (non-hydrogen) atoms. The van der Waals surface area contributed by atoms with E-state index in [0.29, 0.717) is 30.2 Å². The van der Waals surface area contributed by atoms with Crippen molar-refractivity contribution in [3.05, 3.63) is 24.0 Å². The number of terminal acetylenes is 1. The maximum atomic E-state index is 10.8. The summed E-state index contributed by atoms with van der Waals surface area (Å²) in [4.78, 5) is 15.2. The summed E-state index contributed by atoms with van der Waals surface area (Å²) in [6.07, 6.45) is 5.16. The van der Waals surface area contributed by atoms with E-state index in [0.717, 1.165) is 5.52 Å². The highest BCUT2D eigenvalue weighted by Gasteiger charge is 2.13. The Morgan fingerprint density at radius 2 is 2.37 bits per heavy atom. The summed E-state index contributed by atoms with van der Waals surface area (Å²) >= 11 is 0. The lowest BCUT2D eigenvalue weighted by atomic mass is 10.3. The van der Waals surface area contributed by atoms with Crippen molar-refractivity contribution in [2.24, 2.45) is 0 Å². The summed E-state index contributed by atoms with van der Waals surface area (Å²) < 4.78 is 7.13. The molecule has 0 atom stereocenters. The Hall–Kier alpha value is -2.48. The molecular weight excluding hydrogens is 244 g/mol. The summed E-state index contributed by atoms with van der Waals surface area (Å²) in [5, 5.41) is 8.89. The molecule has 0 aliphatic heterocycles. The summed E-state index contributed by atoms with van der Waals surface area (Å²) in [7, 11) is 0. The van der Waals surface area contributed by atoms with E-state index in [9.17, 15) is 4.79 Å². The van der Waals surface area contributed by atoms with E-state index < -0.39 is 5.97 Å². The smallest absolute Gasteiger partial charge is 0.311 e. The zero-order chi connectivity index (χ0) is 13.8. The molecule has 0 aliphatic rings. The molecule has 0 aliphatic carbocycles. The highest BCUT2D eigenvalue weighted by atomic mass is 16.5. The second-order valence-corrected chi connectivity index (χ2v) is 3.97. The van der Waals surface area contributed by atoms with Crippen LogP contribution in [0.15, 0.2) is 18.2 Å². The molecular formula is C14H14N2O3. The SMILES string of the molecule is C#CCn1c(CC(=O)O)nc2cc(OCC)ccc21. The Balaban J connectivity index is 2.52. The third-order valence-electron chi connectivity index (χ3n) is 2.67. The first-order valence-electron chi connectivity index (χ1n) is 5.93. The van der Waals surface area contributed by atoms with Crippen molar-refractivity contribution >= 4 is 17.0 Å². The van der Waals surface area contributed by atoms with Gasteiger partial charge in [0.1, 0.15) is 18.0 Å². The minimum Gasteiger partial charge on any atom is -0.494 e. The average molecular weight is 258 g/mol. The predicted octanol–water partition coefficient (Wildman–Crippen LogP) is 1.70. The average Bonchev–Trinajstić information content (AvgIpc) is 2.67. The predicted molar refractivity (Wildman–Crippen MR) is 71.1 cm³/mol. The number of benzene rings is 1. The number of carboxylic acids is 1. The molecule has 2 aromatic rings. The lowest BCUT2D eigenvalue weighted by Crippen LogP contribution is -2.08. The fraction of sp³-hybridized carbons (Fsp3) is 0.286. The number of rotatable bonds is 5. The molecule has 0 saturated carbocycles. The first-order valence-corrected chi connectivity index (χ1v) is 5.93. The quantitative estimate of drug-likeness (QED) is 0.829. The van der Waals surface area contributed by atoms with Gasteiger partial charge in [-0.2, -0.15) is 0 Å². The van der Waals surface area contributed by atoms with Gasteiger partial charge < -0.3 is 14.4 Å². The first-order chi connectivity index (χ1) is 9.15. The Kier molecular flexibility index (Phi) is 3.71. The lowest BCUT2D eigenvalue weighted by molar-refractivity contribution is -0.136. The van der Waals surface area contributed by atoms with Gasteiger partial charge in [0.2, 0.25) is 0 Å². The van der Waals surface area contributed by atoms with Crippen LogP contribution < -0.4 is 4.74 Å². The second-order valence-electron chi connectivity index (χ2n) is 3.97. The largest absolute Gasteiger partial charge is 0.494 e. The van der Waals surface area contributed by atoms with Crippen LogP contribution >= 0.6 is 0 Å². The summed E-state index contributed by atoms with van der Waals surface area (Å²) in [5.41, 5.74) is 1.51. The maximum Gasteiger partial charge on any atom is 0.311 e. The Labute approximate surface area is 110 Å². The molecule has 0 bridgehead atoms. The van der Waals surface area contributed by atoms with Crippen molar-refractivity contribution in [2.75, 3.05) is 6.61 Å². The summed E-state index contributed by atoms with van der Waals surface area (Å²) in [5.74, 6) is 2.75. The number of carbonyl (C=O) groups is 1. The number of hydrogen-bond donors (Lipinski definition) is 1. The monoisotopic (exact) mass is 258 g/mol. The molecule has 1 heterocycles. The van der Waals surface area contributed by atoms with Gasteiger partial charge in [-0.1, -0.05) is 5.92 Å². The van der Waals surface area contributed by atoms with Crippen LogP contribution in [0.1, 0.15) is 12.7 Å². The van der Waals surface area contributed by atoms with E-state index in [1.54, 1.807) is 10.6 Å². The maximum absolute atomic E-state index is 10.8. The fourth-order valence-corrected chi connectivity index (χ4v) is 1.95. The van der Waals surface area contributed by atoms with E-state index in [1.165, 1.54) is 0 Å². The third kappa shape index (κ3) is 2.68. The van der Waals surface area contributed by atoms with Gasteiger partial charge in [0.15, 0.2) is 0 Å². The van der Waals surface area contributed by atoms with Crippen molar-refractivity contribution < 1.29 is 14.6 Å². The topological polar surface area (TPSA) is 64.4 Å². The number of nitrogens with zero attached hydrogens (tertiary/aromatic N) is 2. The van der Waals surface area contributed by atoms with Gasteiger partial charge in [0.05, 0.1) is 24.2 Å². The molecule has 0 radical (unpaired) electrons. The van der Waals surface area contributed by atoms with Crippen LogP contribution in [0.3, 0.4) is 0 Å². The third-order valence-corrected chi connectivity index (χ3v) is 2.67. The highest BCUT2D eigenvalue weighted by molar-refractivity contribution is 5.79. The highest BCUT2D eigenvalue weighted by Crippen LogP contribution is 2.22. The number of imidazole rings is 1. The van der Waals surface area contributed by atoms with Gasteiger partial charge in [-0.05, 0) is 19.1 Å². The first kappa shape index (κ1) is 13.0. The van der Waals surface area contributed by atoms with Crippen LogP contribution in [0.25, 0.3) is 11.0 Å². The zero-order valence-electron chi connectivity index (χ0n) is 10.6. The molecule has 5 nitrogen and oxygen atoms in total. The van der Waals surface area contributed by atoms with Crippen molar-refractivity contribution in [2.45, 2.75) is 19.9 Å². The minimum absolute atomic E-state index is 0.152. The van der Waals surface area contributed by atoms with Gasteiger partial charge in [-0.25, -0.2) is 4.98 Å². The zero-order valence-corrected chi connectivity index (χ0v) is 10.6. The molecule has 0 fully saturated rings. The molecule has 0 saturated heterocycles. The van der Waals surface area contributed by atoms with E-state index >= 15 is 0 Å². The summed E-state index contributed by atoms with van der Waals surface area (Å²) in [6.45, 7) is 2.77. The number of carboxylic acid groups (broad SMARTS) is 1. The summed E-state index contributed by atoms with van der Waals surface area (Å²) in [6, 6.07) is 5.46. The van der Waals surface area contributed by atoms with Crippen LogP contribution in [-0.4, -0.2) is 27.2 Å². The van der Waals surface area contributed by atoms with E-state index in [-0.39, 0.29) is 6.42 Å². The molecule has 2 rings (SSSR count). The number of aliphatic carboxylic acids is 1. The van der Waals surface area contributed by atoms with Crippen molar-refractivity contribution in [3.8, 4) is 18.1 Å². The molecule has 0 amide bonds. The van der Waals surface area contributed by atoms with E-state index in [2.05, 4.69) is 10.9 Å². The van der Waals surface area contributed by atoms with Crippen LogP contribution in [-0.2, 0) is 17.8 Å². The van der Waals surface area contributed by atoms with E-state index in [4.69, 9.17) is 16.3 Å². The Bertz CT molecular complexity index is 652. The number of fused-ring (bicyclic) bond motifs is 1. The molecule has 98 valence electrons. The normalized spacial score (nSPS) is 10.3. The molecule has 1 aromatic carbocycles. The van der Waals surface area contributed by atoms with Gasteiger partial charge in [-0.3, -0.25) is 4.79 Å². The van der Waals surface area contributed by atoms with Crippen LogP contribution in [0.4, 0.5) is 0 Å². The minimum atomic E-state index is -0.932. The molecule has 0 spiro atoms. The standard InChI is InChI=1S/C14H14N2O3/c1-3-7-16-12-6-5-10(19-4-2)8-11(12)15-13(16)9-14(17)18/h1,5-6,8H,4,7,9H2,2H3,(H,17,18). The molecule has 1 N–H and O–H groups in total. The lowest BCUT2D eigenvalue weighted by Gasteiger charge is -2.04. The number of ether oxygens (including phenoxy) is 1. The van der Waals surface area contributed by atoms with Crippen molar-refractivity contribution in [3.63, 3.8) is 0 Å². The Morgan fingerprint density at radius 3 is 3.00 bits per heavy atom. The second kappa shape index (κ2) is 5.44. The molecule has 1 aromatic heterocycles. The van der Waals surface area contributed by atoms with E-state index in [1.807, 2.05) is 19.1 Å². The number of aromatic nitrogens is 2. The Morgan fingerprint density at radius 1 is 1.58 bits per heavy atom. The van der Waals surface area contributed by atoms with Gasteiger partial charge in [0.25, 0.3) is 0 Å². The van der Waals surface area contributed by atoms with Gasteiger partial charge >= 0.3 is 5.97 Å². The molecule has 0 unspecified atom stereocenters. The van der Waals surface area contributed by atoms with Gasteiger partial charge in [0, 0.05) is 6.07 Å². The number of hydrogen-bond acceptors (Lipinski definition) is 3. The fourth-order valence-electron chi connectivity index (χ4n) is 1.95. The van der Waals surface area contributed by atoms with Crippen LogP contribution in [0.5, 0.6) is 5.75 Å². The van der Waals surface area contributed by atoms with Crippen LogP contribution in [0.2, 0.25) is 0 Å². The van der Waals surface area contributed by atoms with Gasteiger partial charge in [-0.15, -0.1) is 6.42 Å².